The third kappa shape index (κ3) is 2.30. The van der Waals surface area contributed by atoms with Crippen molar-refractivity contribution in [3.8, 4) is 0 Å². The molecule has 0 bridgehead atoms. The monoisotopic (exact) mass is 332 g/mol. The lowest BCUT2D eigenvalue weighted by Gasteiger charge is -2.40. The van der Waals surface area contributed by atoms with Crippen LogP contribution in [0.1, 0.15) is 31.9 Å². The molecule has 0 radical (unpaired) electrons. The standard InChI is InChI=1S/C22H24N2O/c1-14(2)16-10-12-24(5)22(4,13-16)19-15(3)8-9-17-20-18(25-21(17)19)7-6-11-23-20/h6-14H,1-5H3. The van der Waals surface area contributed by atoms with E-state index in [1.165, 1.54) is 16.7 Å². The molecule has 1 unspecified atom stereocenters. The van der Waals surface area contributed by atoms with Crippen LogP contribution in [0.2, 0.25) is 0 Å². The maximum atomic E-state index is 6.28. The van der Waals surface area contributed by atoms with Gasteiger partial charge in [-0.05, 0) is 55.2 Å². The summed E-state index contributed by atoms with van der Waals surface area (Å²) in [4.78, 5) is 6.80. The molecule has 4 rings (SSSR count). The van der Waals surface area contributed by atoms with E-state index in [0.717, 1.165) is 22.1 Å². The Hall–Kier alpha value is -2.55. The maximum absolute atomic E-state index is 6.28. The van der Waals surface area contributed by atoms with Gasteiger partial charge >= 0.3 is 0 Å². The number of furan rings is 1. The molecule has 0 saturated heterocycles. The summed E-state index contributed by atoms with van der Waals surface area (Å²) in [6.45, 7) is 8.90. The van der Waals surface area contributed by atoms with Gasteiger partial charge in [0.1, 0.15) is 11.1 Å². The second kappa shape index (κ2) is 5.48. The van der Waals surface area contributed by atoms with Gasteiger partial charge in [-0.3, -0.25) is 4.98 Å². The molecule has 2 aromatic heterocycles. The first-order valence-corrected chi connectivity index (χ1v) is 8.83. The van der Waals surface area contributed by atoms with Crippen LogP contribution >= 0.6 is 0 Å². The molecule has 0 N–H and O–H groups in total. The van der Waals surface area contributed by atoms with Crippen molar-refractivity contribution in [1.29, 1.82) is 0 Å². The number of likely N-dealkylation sites (N-methyl/N-ethyl adjacent to an activating group) is 1. The Morgan fingerprint density at radius 3 is 2.76 bits per heavy atom. The number of allylic oxidation sites excluding steroid dienone is 2. The van der Waals surface area contributed by atoms with Crippen molar-refractivity contribution >= 4 is 22.1 Å². The van der Waals surface area contributed by atoms with Crippen LogP contribution in [0.25, 0.3) is 22.1 Å². The Labute approximate surface area is 148 Å². The maximum Gasteiger partial charge on any atom is 0.153 e. The van der Waals surface area contributed by atoms with Gasteiger partial charge in [-0.1, -0.05) is 26.0 Å². The zero-order chi connectivity index (χ0) is 17.8. The third-order valence-electron chi connectivity index (χ3n) is 5.45. The summed E-state index contributed by atoms with van der Waals surface area (Å²) in [5.41, 5.74) is 6.26. The molecular formula is C22H24N2O. The topological polar surface area (TPSA) is 29.3 Å². The van der Waals surface area contributed by atoms with Gasteiger partial charge in [0.05, 0.1) is 5.54 Å². The molecule has 3 heteroatoms. The van der Waals surface area contributed by atoms with Crippen molar-refractivity contribution in [2.45, 2.75) is 33.2 Å². The van der Waals surface area contributed by atoms with Crippen molar-refractivity contribution in [2.24, 2.45) is 5.92 Å². The fourth-order valence-corrected chi connectivity index (χ4v) is 3.82. The van der Waals surface area contributed by atoms with Crippen molar-refractivity contribution in [1.82, 2.24) is 9.88 Å². The average molecular weight is 332 g/mol. The van der Waals surface area contributed by atoms with E-state index in [1.807, 2.05) is 18.3 Å². The van der Waals surface area contributed by atoms with Gasteiger partial charge in [0.15, 0.2) is 5.58 Å². The molecule has 1 aromatic carbocycles. The molecule has 0 spiro atoms. The molecule has 1 aliphatic rings. The number of benzene rings is 1. The number of pyridine rings is 1. The van der Waals surface area contributed by atoms with E-state index >= 15 is 0 Å². The van der Waals surface area contributed by atoms with Gasteiger partial charge in [-0.2, -0.15) is 0 Å². The lowest BCUT2D eigenvalue weighted by molar-refractivity contribution is 0.257. The smallest absolute Gasteiger partial charge is 0.153 e. The fourth-order valence-electron chi connectivity index (χ4n) is 3.82. The van der Waals surface area contributed by atoms with Gasteiger partial charge in [0, 0.05) is 30.4 Å². The lowest BCUT2D eigenvalue weighted by Crippen LogP contribution is -2.39. The van der Waals surface area contributed by atoms with Gasteiger partial charge in [-0.25, -0.2) is 0 Å². The highest BCUT2D eigenvalue weighted by Crippen LogP contribution is 2.42. The van der Waals surface area contributed by atoms with Gasteiger partial charge < -0.3 is 9.32 Å². The summed E-state index contributed by atoms with van der Waals surface area (Å²) in [5, 5.41) is 1.08. The van der Waals surface area contributed by atoms with Crippen LogP contribution in [0.15, 0.2) is 58.8 Å². The summed E-state index contributed by atoms with van der Waals surface area (Å²) in [7, 11) is 2.13. The highest BCUT2D eigenvalue weighted by molar-refractivity contribution is 6.04. The third-order valence-corrected chi connectivity index (χ3v) is 5.45. The predicted octanol–water partition coefficient (Wildman–Crippen LogP) is 5.55. The van der Waals surface area contributed by atoms with Crippen molar-refractivity contribution in [3.05, 3.63) is 65.5 Å². The predicted molar refractivity (Wildman–Crippen MR) is 103 cm³/mol. The summed E-state index contributed by atoms with van der Waals surface area (Å²) in [6.07, 6.45) is 8.58. The second-order valence-electron chi connectivity index (χ2n) is 7.46. The molecular weight excluding hydrogens is 308 g/mol. The van der Waals surface area contributed by atoms with Gasteiger partial charge in [-0.15, -0.1) is 0 Å². The Morgan fingerprint density at radius 2 is 2.00 bits per heavy atom. The van der Waals surface area contributed by atoms with Crippen LogP contribution in [0, 0.1) is 12.8 Å². The van der Waals surface area contributed by atoms with Gasteiger partial charge in [0.2, 0.25) is 0 Å². The van der Waals surface area contributed by atoms with Crippen molar-refractivity contribution in [2.75, 3.05) is 7.05 Å². The second-order valence-corrected chi connectivity index (χ2v) is 7.46. The van der Waals surface area contributed by atoms with E-state index in [2.05, 4.69) is 75.1 Å². The molecule has 25 heavy (non-hydrogen) atoms. The van der Waals surface area contributed by atoms with Crippen LogP contribution < -0.4 is 0 Å². The van der Waals surface area contributed by atoms with E-state index in [0.29, 0.717) is 5.92 Å². The molecule has 0 fully saturated rings. The SMILES string of the molecule is Cc1ccc2c(oc3cccnc32)c1C1(C)C=C(C(C)C)C=CN1C. The largest absolute Gasteiger partial charge is 0.454 e. The van der Waals surface area contributed by atoms with E-state index in [4.69, 9.17) is 4.42 Å². The number of nitrogens with zero attached hydrogens (tertiary/aromatic N) is 2. The summed E-state index contributed by atoms with van der Waals surface area (Å²) >= 11 is 0. The van der Waals surface area contributed by atoms with Crippen LogP contribution in [0.3, 0.4) is 0 Å². The van der Waals surface area contributed by atoms with E-state index in [1.54, 1.807) is 0 Å². The Bertz CT molecular complexity index is 1030. The molecule has 0 amide bonds. The zero-order valence-corrected chi connectivity index (χ0v) is 15.5. The number of hydrogen-bond acceptors (Lipinski definition) is 3. The van der Waals surface area contributed by atoms with Gasteiger partial charge in [0.25, 0.3) is 0 Å². The molecule has 128 valence electrons. The summed E-state index contributed by atoms with van der Waals surface area (Å²) in [5.74, 6) is 0.487. The van der Waals surface area contributed by atoms with E-state index in [9.17, 15) is 0 Å². The van der Waals surface area contributed by atoms with Crippen LogP contribution in [0.5, 0.6) is 0 Å². The number of hydrogen-bond donors (Lipinski definition) is 0. The molecule has 1 aliphatic heterocycles. The molecule has 0 saturated carbocycles. The minimum Gasteiger partial charge on any atom is -0.454 e. The molecule has 3 nitrogen and oxygen atoms in total. The Morgan fingerprint density at radius 1 is 1.20 bits per heavy atom. The summed E-state index contributed by atoms with van der Waals surface area (Å²) < 4.78 is 6.28. The molecule has 0 aliphatic carbocycles. The first kappa shape index (κ1) is 15.9. The van der Waals surface area contributed by atoms with Crippen LogP contribution in [-0.2, 0) is 5.54 Å². The Balaban J connectivity index is 2.06. The highest BCUT2D eigenvalue weighted by Gasteiger charge is 2.35. The number of rotatable bonds is 2. The zero-order valence-electron chi connectivity index (χ0n) is 15.5. The number of aromatic nitrogens is 1. The van der Waals surface area contributed by atoms with Crippen LogP contribution in [-0.4, -0.2) is 16.9 Å². The molecule has 3 heterocycles. The highest BCUT2D eigenvalue weighted by atomic mass is 16.3. The van der Waals surface area contributed by atoms with Crippen LogP contribution in [0.4, 0.5) is 0 Å². The summed E-state index contributed by atoms with van der Waals surface area (Å²) in [6, 6.07) is 8.22. The number of aryl methyl sites for hydroxylation is 1. The minimum absolute atomic E-state index is 0.258. The van der Waals surface area contributed by atoms with E-state index < -0.39 is 0 Å². The van der Waals surface area contributed by atoms with E-state index in [-0.39, 0.29) is 5.54 Å². The normalized spacial score (nSPS) is 20.7. The average Bonchev–Trinajstić information content (AvgIpc) is 2.95. The molecule has 1 atom stereocenters. The fraction of sp³-hybridized carbons (Fsp3) is 0.318. The van der Waals surface area contributed by atoms with Crippen molar-refractivity contribution in [3.63, 3.8) is 0 Å². The Kier molecular flexibility index (Phi) is 3.50. The first-order valence-electron chi connectivity index (χ1n) is 8.83. The lowest BCUT2D eigenvalue weighted by atomic mass is 9.81. The first-order chi connectivity index (χ1) is 11.9. The quantitative estimate of drug-likeness (QED) is 0.616. The molecule has 3 aromatic rings. The number of fused-ring (bicyclic) bond motifs is 3. The van der Waals surface area contributed by atoms with Crippen molar-refractivity contribution < 1.29 is 4.42 Å². The minimum atomic E-state index is -0.258.